The summed E-state index contributed by atoms with van der Waals surface area (Å²) in [7, 11) is -0.627. The Bertz CT molecular complexity index is 787. The lowest BCUT2D eigenvalue weighted by molar-refractivity contribution is 0.0470. The molecule has 0 N–H and O–H groups in total. The summed E-state index contributed by atoms with van der Waals surface area (Å²) in [5.41, 5.74) is 1.67. The summed E-state index contributed by atoms with van der Waals surface area (Å²) in [5.74, 6) is 0.0570. The molecular weight excluding hydrogens is 320 g/mol. The van der Waals surface area contributed by atoms with Gasteiger partial charge in [0.2, 0.25) is 10.0 Å². The van der Waals surface area contributed by atoms with Gasteiger partial charge in [0.1, 0.15) is 12.4 Å². The highest BCUT2D eigenvalue weighted by atomic mass is 32.2. The van der Waals surface area contributed by atoms with E-state index in [1.807, 2.05) is 0 Å². The molecule has 8 heteroatoms. The standard InChI is InChI=1S/C15H18N2O5S/c1-10-14(11(2)22-16-10)9-21-15(18)12-5-7-13(8-6-12)23(19,20)17(3)4/h5-8H,9H2,1-4H3. The van der Waals surface area contributed by atoms with Crippen molar-refractivity contribution in [1.29, 1.82) is 0 Å². The summed E-state index contributed by atoms with van der Waals surface area (Å²) in [6.45, 7) is 3.56. The van der Waals surface area contributed by atoms with E-state index in [0.29, 0.717) is 11.5 Å². The van der Waals surface area contributed by atoms with Crippen molar-refractivity contribution in [2.75, 3.05) is 14.1 Å². The molecular formula is C15H18N2O5S. The fourth-order valence-electron chi connectivity index (χ4n) is 1.90. The van der Waals surface area contributed by atoms with Crippen LogP contribution in [0.25, 0.3) is 0 Å². The van der Waals surface area contributed by atoms with Crippen LogP contribution >= 0.6 is 0 Å². The number of aromatic nitrogens is 1. The summed E-state index contributed by atoms with van der Waals surface area (Å²) >= 11 is 0. The van der Waals surface area contributed by atoms with Gasteiger partial charge in [-0.3, -0.25) is 0 Å². The summed E-state index contributed by atoms with van der Waals surface area (Å²) in [6, 6.07) is 5.60. The van der Waals surface area contributed by atoms with Crippen LogP contribution < -0.4 is 0 Å². The molecule has 0 unspecified atom stereocenters. The first-order valence-electron chi connectivity index (χ1n) is 6.85. The lowest BCUT2D eigenvalue weighted by atomic mass is 10.2. The molecule has 0 fully saturated rings. The Balaban J connectivity index is 2.09. The van der Waals surface area contributed by atoms with Crippen LogP contribution in [0.15, 0.2) is 33.7 Å². The maximum Gasteiger partial charge on any atom is 0.338 e. The lowest BCUT2D eigenvalue weighted by Gasteiger charge is -2.11. The molecule has 124 valence electrons. The zero-order valence-electron chi connectivity index (χ0n) is 13.4. The van der Waals surface area contributed by atoms with Crippen molar-refractivity contribution < 1.29 is 22.5 Å². The van der Waals surface area contributed by atoms with E-state index in [2.05, 4.69) is 5.16 Å². The van der Waals surface area contributed by atoms with Crippen molar-refractivity contribution in [2.24, 2.45) is 0 Å². The molecule has 0 aliphatic heterocycles. The number of rotatable bonds is 5. The van der Waals surface area contributed by atoms with E-state index in [0.717, 1.165) is 9.87 Å². The fourth-order valence-corrected chi connectivity index (χ4v) is 2.80. The minimum absolute atomic E-state index is 0.0533. The lowest BCUT2D eigenvalue weighted by Crippen LogP contribution is -2.22. The van der Waals surface area contributed by atoms with Crippen molar-refractivity contribution in [3.8, 4) is 0 Å². The van der Waals surface area contributed by atoms with Crippen LogP contribution in [0.2, 0.25) is 0 Å². The number of sulfonamides is 1. The Morgan fingerprint density at radius 3 is 2.30 bits per heavy atom. The van der Waals surface area contributed by atoms with Crippen molar-refractivity contribution >= 4 is 16.0 Å². The monoisotopic (exact) mass is 338 g/mol. The van der Waals surface area contributed by atoms with E-state index in [9.17, 15) is 13.2 Å². The number of nitrogens with zero attached hydrogens (tertiary/aromatic N) is 2. The van der Waals surface area contributed by atoms with Gasteiger partial charge in [-0.05, 0) is 38.1 Å². The molecule has 1 aromatic heterocycles. The third-order valence-corrected chi connectivity index (χ3v) is 5.23. The van der Waals surface area contributed by atoms with Crippen LogP contribution in [0.5, 0.6) is 0 Å². The molecule has 1 aromatic carbocycles. The fraction of sp³-hybridized carbons (Fsp3) is 0.333. The van der Waals surface area contributed by atoms with Gasteiger partial charge in [0.25, 0.3) is 0 Å². The van der Waals surface area contributed by atoms with Crippen LogP contribution in [0.4, 0.5) is 0 Å². The Morgan fingerprint density at radius 1 is 1.22 bits per heavy atom. The van der Waals surface area contributed by atoms with Crippen LogP contribution in [0.3, 0.4) is 0 Å². The predicted octanol–water partition coefficient (Wildman–Crippen LogP) is 1.90. The number of carbonyl (C=O) groups is 1. The predicted molar refractivity (Wildman–Crippen MR) is 82.4 cm³/mol. The van der Waals surface area contributed by atoms with E-state index in [4.69, 9.17) is 9.26 Å². The molecule has 1 heterocycles. The number of ether oxygens (including phenoxy) is 1. The summed E-state index contributed by atoms with van der Waals surface area (Å²) < 4.78 is 35.2. The highest BCUT2D eigenvalue weighted by molar-refractivity contribution is 7.89. The summed E-state index contributed by atoms with van der Waals surface area (Å²) in [4.78, 5) is 12.1. The Morgan fingerprint density at radius 2 is 1.83 bits per heavy atom. The van der Waals surface area contributed by atoms with E-state index < -0.39 is 16.0 Å². The number of benzene rings is 1. The molecule has 0 atom stereocenters. The van der Waals surface area contributed by atoms with Gasteiger partial charge in [-0.15, -0.1) is 0 Å². The molecule has 2 aromatic rings. The topological polar surface area (TPSA) is 89.7 Å². The molecule has 0 amide bonds. The van der Waals surface area contributed by atoms with Gasteiger partial charge in [0, 0.05) is 14.1 Å². The van der Waals surface area contributed by atoms with Crippen LogP contribution in [-0.4, -0.2) is 37.9 Å². The molecule has 0 radical (unpaired) electrons. The number of hydrogen-bond acceptors (Lipinski definition) is 6. The Labute approximate surface area is 134 Å². The smallest absolute Gasteiger partial charge is 0.338 e. The molecule has 0 spiro atoms. The van der Waals surface area contributed by atoms with Gasteiger partial charge in [0.05, 0.1) is 21.7 Å². The normalized spacial score (nSPS) is 11.7. The van der Waals surface area contributed by atoms with Crippen molar-refractivity contribution in [2.45, 2.75) is 25.3 Å². The molecule has 0 aliphatic rings. The van der Waals surface area contributed by atoms with Crippen LogP contribution in [-0.2, 0) is 21.4 Å². The zero-order chi connectivity index (χ0) is 17.2. The molecule has 0 saturated carbocycles. The number of hydrogen-bond donors (Lipinski definition) is 0. The second kappa shape index (κ2) is 6.51. The summed E-state index contributed by atoms with van der Waals surface area (Å²) in [5, 5.41) is 3.78. The average molecular weight is 338 g/mol. The minimum atomic E-state index is -3.52. The highest BCUT2D eigenvalue weighted by Gasteiger charge is 2.18. The Kier molecular flexibility index (Phi) is 4.86. The van der Waals surface area contributed by atoms with E-state index >= 15 is 0 Å². The third kappa shape index (κ3) is 3.59. The molecule has 0 aliphatic carbocycles. The van der Waals surface area contributed by atoms with Gasteiger partial charge in [-0.25, -0.2) is 17.5 Å². The maximum absolute atomic E-state index is 12.0. The van der Waals surface area contributed by atoms with Gasteiger partial charge in [-0.2, -0.15) is 0 Å². The SMILES string of the molecule is Cc1noc(C)c1COC(=O)c1ccc(S(=O)(=O)N(C)C)cc1. The summed E-state index contributed by atoms with van der Waals surface area (Å²) in [6.07, 6.45) is 0. The second-order valence-electron chi connectivity index (χ2n) is 5.19. The van der Waals surface area contributed by atoms with Crippen LogP contribution in [0.1, 0.15) is 27.4 Å². The van der Waals surface area contributed by atoms with Gasteiger partial charge in [0.15, 0.2) is 0 Å². The molecule has 2 rings (SSSR count). The van der Waals surface area contributed by atoms with Gasteiger partial charge >= 0.3 is 5.97 Å². The average Bonchev–Trinajstić information content (AvgIpc) is 2.83. The number of esters is 1. The molecule has 0 saturated heterocycles. The number of aryl methyl sites for hydroxylation is 2. The molecule has 7 nitrogen and oxygen atoms in total. The van der Waals surface area contributed by atoms with E-state index in [1.54, 1.807) is 13.8 Å². The largest absolute Gasteiger partial charge is 0.457 e. The first kappa shape index (κ1) is 17.2. The highest BCUT2D eigenvalue weighted by Crippen LogP contribution is 2.17. The Hall–Kier alpha value is -2.19. The third-order valence-electron chi connectivity index (χ3n) is 3.40. The van der Waals surface area contributed by atoms with Crippen molar-refractivity contribution in [1.82, 2.24) is 9.46 Å². The van der Waals surface area contributed by atoms with Gasteiger partial charge < -0.3 is 9.26 Å². The van der Waals surface area contributed by atoms with Crippen molar-refractivity contribution in [3.05, 3.63) is 46.8 Å². The van der Waals surface area contributed by atoms with Crippen molar-refractivity contribution in [3.63, 3.8) is 0 Å². The molecule has 0 bridgehead atoms. The first-order chi connectivity index (χ1) is 10.7. The minimum Gasteiger partial charge on any atom is -0.457 e. The zero-order valence-corrected chi connectivity index (χ0v) is 14.2. The quantitative estimate of drug-likeness (QED) is 0.774. The van der Waals surface area contributed by atoms with Crippen LogP contribution in [0, 0.1) is 13.8 Å². The second-order valence-corrected chi connectivity index (χ2v) is 7.34. The number of carbonyl (C=O) groups excluding carboxylic acids is 1. The van der Waals surface area contributed by atoms with Gasteiger partial charge in [-0.1, -0.05) is 5.16 Å². The molecule has 23 heavy (non-hydrogen) atoms. The van der Waals surface area contributed by atoms with E-state index in [1.165, 1.54) is 38.4 Å². The maximum atomic E-state index is 12.0. The van der Waals surface area contributed by atoms with E-state index in [-0.39, 0.29) is 17.1 Å². The first-order valence-corrected chi connectivity index (χ1v) is 8.29.